The molecule has 0 spiro atoms. The molecule has 7 heteroatoms. The second-order valence-corrected chi connectivity index (χ2v) is 6.33. The number of aromatic nitrogens is 2. The maximum atomic E-state index is 11.8. The Bertz CT molecular complexity index is 989. The second-order valence-electron chi connectivity index (χ2n) is 6.33. The number of carbonyl (C=O) groups excluding carboxylic acids is 1. The topological polar surface area (TPSA) is 99.2 Å². The number of anilines is 3. The molecule has 1 heterocycles. The summed E-state index contributed by atoms with van der Waals surface area (Å²) in [5, 5.41) is 18.2. The molecule has 0 saturated carbocycles. The van der Waals surface area contributed by atoms with Gasteiger partial charge in [0.05, 0.1) is 12.1 Å². The third-order valence-corrected chi connectivity index (χ3v) is 4.32. The standard InChI is InChI=1S/C21H23N5O2/c1-3-14(2)15-5-4-6-16(11-15)25-20-18-12-17(26-21(28)22-9-10-27)7-8-19(18)23-13-24-20/h3-8,11-14,27H,1,9-10H2,2H3,(H2,22,26,28)(H,23,24,25). The molecule has 3 rings (SSSR count). The average Bonchev–Trinajstić information content (AvgIpc) is 2.72. The van der Waals surface area contributed by atoms with E-state index in [9.17, 15) is 4.79 Å². The normalized spacial score (nSPS) is 11.6. The van der Waals surface area contributed by atoms with E-state index in [0.29, 0.717) is 11.5 Å². The fraction of sp³-hybridized carbons (Fsp3) is 0.190. The monoisotopic (exact) mass is 377 g/mol. The fourth-order valence-electron chi connectivity index (χ4n) is 2.75. The summed E-state index contributed by atoms with van der Waals surface area (Å²) >= 11 is 0. The van der Waals surface area contributed by atoms with Crippen LogP contribution < -0.4 is 16.0 Å². The summed E-state index contributed by atoms with van der Waals surface area (Å²) in [6, 6.07) is 13.1. The maximum Gasteiger partial charge on any atom is 0.319 e. The first-order valence-corrected chi connectivity index (χ1v) is 9.00. The zero-order valence-corrected chi connectivity index (χ0v) is 15.6. The van der Waals surface area contributed by atoms with Crippen molar-refractivity contribution >= 4 is 34.1 Å². The van der Waals surface area contributed by atoms with Crippen molar-refractivity contribution in [2.45, 2.75) is 12.8 Å². The van der Waals surface area contributed by atoms with E-state index in [-0.39, 0.29) is 25.1 Å². The number of amides is 2. The van der Waals surface area contributed by atoms with Gasteiger partial charge >= 0.3 is 6.03 Å². The molecule has 1 unspecified atom stereocenters. The van der Waals surface area contributed by atoms with Crippen LogP contribution in [0.1, 0.15) is 18.4 Å². The van der Waals surface area contributed by atoms with E-state index >= 15 is 0 Å². The molecule has 0 aliphatic rings. The summed E-state index contributed by atoms with van der Waals surface area (Å²) in [5.41, 5.74) is 3.43. The minimum Gasteiger partial charge on any atom is -0.395 e. The number of fused-ring (bicyclic) bond motifs is 1. The number of hydrogen-bond donors (Lipinski definition) is 4. The third-order valence-electron chi connectivity index (χ3n) is 4.32. The van der Waals surface area contributed by atoms with Crippen molar-refractivity contribution in [2.75, 3.05) is 23.8 Å². The van der Waals surface area contributed by atoms with Gasteiger partial charge in [-0.05, 0) is 41.8 Å². The predicted octanol–water partition coefficient (Wildman–Crippen LogP) is 3.78. The first-order chi connectivity index (χ1) is 13.6. The number of aliphatic hydroxyl groups is 1. The van der Waals surface area contributed by atoms with Gasteiger partial charge in [-0.15, -0.1) is 6.58 Å². The Balaban J connectivity index is 1.88. The largest absolute Gasteiger partial charge is 0.395 e. The molecule has 3 aromatic rings. The van der Waals surface area contributed by atoms with Crippen LogP contribution in [-0.4, -0.2) is 34.3 Å². The molecule has 7 nitrogen and oxygen atoms in total. The number of allylic oxidation sites excluding steroid dienone is 1. The van der Waals surface area contributed by atoms with Gasteiger partial charge < -0.3 is 21.1 Å². The van der Waals surface area contributed by atoms with Crippen LogP contribution >= 0.6 is 0 Å². The number of hydrogen-bond acceptors (Lipinski definition) is 5. The minimum absolute atomic E-state index is 0.115. The Morgan fingerprint density at radius 3 is 2.86 bits per heavy atom. The minimum atomic E-state index is -0.383. The van der Waals surface area contributed by atoms with Gasteiger partial charge in [-0.3, -0.25) is 0 Å². The van der Waals surface area contributed by atoms with Crippen molar-refractivity contribution in [3.05, 3.63) is 67.0 Å². The van der Waals surface area contributed by atoms with Gasteiger partial charge in [0.1, 0.15) is 12.1 Å². The molecule has 28 heavy (non-hydrogen) atoms. The molecule has 4 N–H and O–H groups in total. The van der Waals surface area contributed by atoms with E-state index in [4.69, 9.17) is 5.11 Å². The van der Waals surface area contributed by atoms with E-state index in [1.54, 1.807) is 6.07 Å². The molecular weight excluding hydrogens is 354 g/mol. The summed E-state index contributed by atoms with van der Waals surface area (Å²) in [5.74, 6) is 0.893. The number of rotatable bonds is 7. The van der Waals surface area contributed by atoms with E-state index in [1.165, 1.54) is 6.33 Å². The van der Waals surface area contributed by atoms with Crippen molar-refractivity contribution < 1.29 is 9.90 Å². The molecule has 0 fully saturated rings. The summed E-state index contributed by atoms with van der Waals surface area (Å²) in [7, 11) is 0. The van der Waals surface area contributed by atoms with E-state index in [0.717, 1.165) is 22.2 Å². The van der Waals surface area contributed by atoms with Crippen LogP contribution in [0.25, 0.3) is 10.9 Å². The van der Waals surface area contributed by atoms with Crippen molar-refractivity contribution in [1.82, 2.24) is 15.3 Å². The van der Waals surface area contributed by atoms with Crippen molar-refractivity contribution in [3.8, 4) is 0 Å². The van der Waals surface area contributed by atoms with E-state index in [2.05, 4.69) is 51.6 Å². The number of nitrogens with one attached hydrogen (secondary N) is 3. The zero-order valence-electron chi connectivity index (χ0n) is 15.6. The summed E-state index contributed by atoms with van der Waals surface area (Å²) in [6.07, 6.45) is 3.40. The van der Waals surface area contributed by atoms with Crippen LogP contribution in [0.2, 0.25) is 0 Å². The van der Waals surface area contributed by atoms with Gasteiger partial charge in [-0.25, -0.2) is 14.8 Å². The van der Waals surface area contributed by atoms with Crippen LogP contribution in [0.5, 0.6) is 0 Å². The predicted molar refractivity (Wildman–Crippen MR) is 112 cm³/mol. The molecule has 1 aromatic heterocycles. The van der Waals surface area contributed by atoms with Crippen LogP contribution in [0, 0.1) is 0 Å². The molecule has 0 radical (unpaired) electrons. The van der Waals surface area contributed by atoms with Gasteiger partial charge in [0.2, 0.25) is 0 Å². The number of aliphatic hydroxyl groups excluding tert-OH is 1. The van der Waals surface area contributed by atoms with Crippen LogP contribution in [0.3, 0.4) is 0 Å². The summed E-state index contributed by atoms with van der Waals surface area (Å²) in [6.45, 7) is 6.01. The average molecular weight is 377 g/mol. The van der Waals surface area contributed by atoms with E-state index < -0.39 is 0 Å². The SMILES string of the molecule is C=CC(C)c1cccc(Nc2ncnc3ccc(NC(=O)NCCO)cc23)c1. The quantitative estimate of drug-likeness (QED) is 0.470. The Kier molecular flexibility index (Phi) is 6.18. The first kappa shape index (κ1) is 19.3. The lowest BCUT2D eigenvalue weighted by Crippen LogP contribution is -2.30. The zero-order chi connectivity index (χ0) is 19.9. The summed E-state index contributed by atoms with van der Waals surface area (Å²) in [4.78, 5) is 20.5. The fourth-order valence-corrected chi connectivity index (χ4v) is 2.75. The molecular formula is C21H23N5O2. The lowest BCUT2D eigenvalue weighted by molar-refractivity contribution is 0.245. The van der Waals surface area contributed by atoms with Crippen LogP contribution in [0.4, 0.5) is 22.0 Å². The highest BCUT2D eigenvalue weighted by Crippen LogP contribution is 2.27. The molecule has 0 aliphatic heterocycles. The highest BCUT2D eigenvalue weighted by molar-refractivity contribution is 5.96. The van der Waals surface area contributed by atoms with Crippen LogP contribution in [-0.2, 0) is 0 Å². The Morgan fingerprint density at radius 1 is 1.21 bits per heavy atom. The van der Waals surface area contributed by atoms with Crippen LogP contribution in [0.15, 0.2) is 61.4 Å². The number of nitrogens with zero attached hydrogens (tertiary/aromatic N) is 2. The van der Waals surface area contributed by atoms with Gasteiger partial charge in [-0.1, -0.05) is 25.1 Å². The maximum absolute atomic E-state index is 11.8. The van der Waals surface area contributed by atoms with Crippen molar-refractivity contribution in [2.24, 2.45) is 0 Å². The Morgan fingerprint density at radius 2 is 2.07 bits per heavy atom. The Hall–Kier alpha value is -3.45. The lowest BCUT2D eigenvalue weighted by Gasteiger charge is -2.13. The molecule has 1 atom stereocenters. The molecule has 0 aliphatic carbocycles. The molecule has 2 amide bonds. The third kappa shape index (κ3) is 4.63. The molecule has 144 valence electrons. The van der Waals surface area contributed by atoms with Crippen molar-refractivity contribution in [1.29, 1.82) is 0 Å². The molecule has 2 aromatic carbocycles. The number of urea groups is 1. The first-order valence-electron chi connectivity index (χ1n) is 9.00. The lowest BCUT2D eigenvalue weighted by atomic mass is 10.0. The molecule has 0 saturated heterocycles. The number of carbonyl (C=O) groups is 1. The van der Waals surface area contributed by atoms with E-state index in [1.807, 2.05) is 30.3 Å². The van der Waals surface area contributed by atoms with Gasteiger partial charge in [0.15, 0.2) is 0 Å². The highest BCUT2D eigenvalue weighted by atomic mass is 16.3. The smallest absolute Gasteiger partial charge is 0.319 e. The van der Waals surface area contributed by atoms with Crippen molar-refractivity contribution in [3.63, 3.8) is 0 Å². The highest BCUT2D eigenvalue weighted by Gasteiger charge is 2.08. The Labute approximate surface area is 163 Å². The van der Waals surface area contributed by atoms with Gasteiger partial charge in [0, 0.05) is 23.3 Å². The second kappa shape index (κ2) is 8.96. The summed E-state index contributed by atoms with van der Waals surface area (Å²) < 4.78 is 0. The molecule has 0 bridgehead atoms. The van der Waals surface area contributed by atoms with Gasteiger partial charge in [-0.2, -0.15) is 0 Å². The number of benzene rings is 2. The van der Waals surface area contributed by atoms with Gasteiger partial charge in [0.25, 0.3) is 0 Å².